The molecule has 0 aliphatic rings. The Morgan fingerprint density at radius 1 is 1.00 bits per heavy atom. The molecular formula is C13H11Cl3O3. The minimum absolute atomic E-state index is 0.0526. The summed E-state index contributed by atoms with van der Waals surface area (Å²) in [5.41, 5.74) is 0.604. The Morgan fingerprint density at radius 3 is 2.05 bits per heavy atom. The normalized spacial score (nSPS) is 10.3. The molecule has 0 heterocycles. The molecule has 0 aliphatic heterocycles. The first-order valence-electron chi connectivity index (χ1n) is 5.64. The van der Waals surface area contributed by atoms with Crippen LogP contribution in [0.4, 0.5) is 0 Å². The SMILES string of the molecule is CCCCc1cc(C(=O)Cl)cc(C(=O)Cl)c1C(=O)Cl. The van der Waals surface area contributed by atoms with E-state index in [9.17, 15) is 14.4 Å². The summed E-state index contributed by atoms with van der Waals surface area (Å²) in [6, 6.07) is 2.67. The third-order valence-electron chi connectivity index (χ3n) is 2.65. The molecule has 0 N–H and O–H groups in total. The van der Waals surface area contributed by atoms with Gasteiger partial charge in [-0.1, -0.05) is 13.3 Å². The third-order valence-corrected chi connectivity index (χ3v) is 3.27. The second-order valence-corrected chi connectivity index (χ2v) is 5.01. The number of unbranched alkanes of at least 4 members (excludes halogenated alkanes) is 1. The molecule has 0 fully saturated rings. The van der Waals surface area contributed by atoms with E-state index in [1.165, 1.54) is 12.1 Å². The summed E-state index contributed by atoms with van der Waals surface area (Å²) < 4.78 is 0. The molecule has 3 nitrogen and oxygen atoms in total. The van der Waals surface area contributed by atoms with Gasteiger partial charge in [-0.3, -0.25) is 14.4 Å². The molecular weight excluding hydrogens is 310 g/mol. The first-order valence-corrected chi connectivity index (χ1v) is 6.78. The second kappa shape index (κ2) is 7.04. The van der Waals surface area contributed by atoms with E-state index >= 15 is 0 Å². The number of hydrogen-bond acceptors (Lipinski definition) is 3. The highest BCUT2D eigenvalue weighted by molar-refractivity contribution is 6.72. The van der Waals surface area contributed by atoms with Crippen molar-refractivity contribution in [2.75, 3.05) is 0 Å². The van der Waals surface area contributed by atoms with Crippen molar-refractivity contribution in [2.24, 2.45) is 0 Å². The molecule has 0 spiro atoms. The Bertz CT molecular complexity index is 538. The number of aryl methyl sites for hydroxylation is 1. The highest BCUT2D eigenvalue weighted by atomic mass is 35.5. The van der Waals surface area contributed by atoms with Crippen LogP contribution in [-0.4, -0.2) is 15.7 Å². The maximum Gasteiger partial charge on any atom is 0.253 e. The van der Waals surface area contributed by atoms with Crippen LogP contribution in [0, 0.1) is 0 Å². The average molecular weight is 322 g/mol. The van der Waals surface area contributed by atoms with Gasteiger partial charge in [-0.25, -0.2) is 0 Å². The fraction of sp³-hybridized carbons (Fsp3) is 0.308. The van der Waals surface area contributed by atoms with E-state index in [4.69, 9.17) is 34.8 Å². The Morgan fingerprint density at radius 2 is 1.63 bits per heavy atom. The van der Waals surface area contributed by atoms with Gasteiger partial charge in [-0.05, 0) is 65.3 Å². The van der Waals surface area contributed by atoms with Gasteiger partial charge in [0.1, 0.15) is 0 Å². The number of carbonyl (C=O) groups is 3. The minimum atomic E-state index is -0.846. The predicted octanol–water partition coefficient (Wildman–Crippen LogP) is 4.17. The summed E-state index contributed by atoms with van der Waals surface area (Å²) >= 11 is 16.3. The summed E-state index contributed by atoms with van der Waals surface area (Å²) in [7, 11) is 0. The summed E-state index contributed by atoms with van der Waals surface area (Å²) in [5, 5.41) is -2.34. The molecule has 0 atom stereocenters. The van der Waals surface area contributed by atoms with Gasteiger partial charge in [0.15, 0.2) is 0 Å². The van der Waals surface area contributed by atoms with Crippen LogP contribution in [0.3, 0.4) is 0 Å². The Labute approximate surface area is 125 Å². The number of benzene rings is 1. The number of carbonyl (C=O) groups excluding carboxylic acids is 3. The summed E-state index contributed by atoms with van der Waals surface area (Å²) in [6.45, 7) is 1.98. The zero-order chi connectivity index (χ0) is 14.6. The third kappa shape index (κ3) is 4.03. The lowest BCUT2D eigenvalue weighted by molar-refractivity contribution is 0.104. The molecule has 0 bridgehead atoms. The number of rotatable bonds is 6. The van der Waals surface area contributed by atoms with Crippen molar-refractivity contribution < 1.29 is 14.4 Å². The van der Waals surface area contributed by atoms with E-state index in [1.807, 2.05) is 6.92 Å². The van der Waals surface area contributed by atoms with Crippen molar-refractivity contribution >= 4 is 50.5 Å². The van der Waals surface area contributed by atoms with E-state index in [0.29, 0.717) is 12.0 Å². The summed E-state index contributed by atoms with van der Waals surface area (Å²) in [5.74, 6) is 0. The largest absolute Gasteiger partial charge is 0.276 e. The van der Waals surface area contributed by atoms with Crippen LogP contribution in [0.1, 0.15) is 56.4 Å². The van der Waals surface area contributed by atoms with E-state index in [1.54, 1.807) is 0 Å². The highest BCUT2D eigenvalue weighted by Crippen LogP contribution is 2.24. The highest BCUT2D eigenvalue weighted by Gasteiger charge is 2.21. The van der Waals surface area contributed by atoms with Gasteiger partial charge in [0.05, 0.1) is 0 Å². The minimum Gasteiger partial charge on any atom is -0.276 e. The van der Waals surface area contributed by atoms with E-state index in [-0.39, 0.29) is 16.7 Å². The smallest absolute Gasteiger partial charge is 0.253 e. The van der Waals surface area contributed by atoms with Crippen molar-refractivity contribution in [3.8, 4) is 0 Å². The molecule has 1 aromatic carbocycles. The molecule has 0 aliphatic carbocycles. The first kappa shape index (κ1) is 16.2. The van der Waals surface area contributed by atoms with Crippen molar-refractivity contribution in [1.29, 1.82) is 0 Å². The van der Waals surface area contributed by atoms with Crippen molar-refractivity contribution in [2.45, 2.75) is 26.2 Å². The van der Waals surface area contributed by atoms with Crippen LogP contribution in [0.2, 0.25) is 0 Å². The molecule has 1 aromatic rings. The van der Waals surface area contributed by atoms with Crippen LogP contribution in [0.25, 0.3) is 0 Å². The topological polar surface area (TPSA) is 51.2 Å². The lowest BCUT2D eigenvalue weighted by Crippen LogP contribution is -2.09. The Hall–Kier alpha value is -0.900. The maximum absolute atomic E-state index is 11.5. The molecule has 102 valence electrons. The van der Waals surface area contributed by atoms with Crippen LogP contribution < -0.4 is 0 Å². The van der Waals surface area contributed by atoms with E-state index in [2.05, 4.69) is 0 Å². The fourth-order valence-corrected chi connectivity index (χ4v) is 2.25. The molecule has 0 amide bonds. The predicted molar refractivity (Wildman–Crippen MR) is 75.6 cm³/mol. The standard InChI is InChI=1S/C13H11Cl3O3/c1-2-3-4-7-5-8(11(14)17)6-9(12(15)18)10(7)13(16)19/h5-6H,2-4H2,1H3. The first-order chi connectivity index (χ1) is 8.88. The molecule has 19 heavy (non-hydrogen) atoms. The fourth-order valence-electron chi connectivity index (χ4n) is 1.77. The zero-order valence-electron chi connectivity index (χ0n) is 10.1. The van der Waals surface area contributed by atoms with Crippen LogP contribution in [0.15, 0.2) is 12.1 Å². The zero-order valence-corrected chi connectivity index (χ0v) is 12.4. The van der Waals surface area contributed by atoms with E-state index in [0.717, 1.165) is 12.8 Å². The quantitative estimate of drug-likeness (QED) is 0.739. The molecule has 1 rings (SSSR count). The van der Waals surface area contributed by atoms with Crippen LogP contribution >= 0.6 is 34.8 Å². The van der Waals surface area contributed by atoms with Gasteiger partial charge in [0, 0.05) is 16.7 Å². The van der Waals surface area contributed by atoms with Gasteiger partial charge in [-0.2, -0.15) is 0 Å². The molecule has 0 saturated carbocycles. The number of halogens is 3. The molecule has 0 aromatic heterocycles. The van der Waals surface area contributed by atoms with E-state index < -0.39 is 15.7 Å². The number of hydrogen-bond donors (Lipinski definition) is 0. The lowest BCUT2D eigenvalue weighted by Gasteiger charge is -2.11. The Kier molecular flexibility index (Phi) is 5.98. The summed E-state index contributed by atoms with van der Waals surface area (Å²) in [4.78, 5) is 34.1. The van der Waals surface area contributed by atoms with Crippen LogP contribution in [0.5, 0.6) is 0 Å². The van der Waals surface area contributed by atoms with Gasteiger partial charge < -0.3 is 0 Å². The van der Waals surface area contributed by atoms with Gasteiger partial charge in [0.25, 0.3) is 15.7 Å². The Balaban J connectivity index is 3.50. The summed E-state index contributed by atoms with van der Waals surface area (Å²) in [6.07, 6.45) is 2.19. The van der Waals surface area contributed by atoms with Gasteiger partial charge in [0.2, 0.25) is 0 Å². The van der Waals surface area contributed by atoms with Crippen LogP contribution in [-0.2, 0) is 6.42 Å². The monoisotopic (exact) mass is 320 g/mol. The van der Waals surface area contributed by atoms with Crippen molar-refractivity contribution in [1.82, 2.24) is 0 Å². The molecule has 0 saturated heterocycles. The second-order valence-electron chi connectivity index (χ2n) is 3.98. The molecule has 6 heteroatoms. The molecule has 0 radical (unpaired) electrons. The van der Waals surface area contributed by atoms with Crippen molar-refractivity contribution in [3.63, 3.8) is 0 Å². The van der Waals surface area contributed by atoms with Crippen molar-refractivity contribution in [3.05, 3.63) is 34.4 Å². The van der Waals surface area contributed by atoms with Gasteiger partial charge >= 0.3 is 0 Å². The average Bonchev–Trinajstić information content (AvgIpc) is 2.34. The van der Waals surface area contributed by atoms with Gasteiger partial charge in [-0.15, -0.1) is 0 Å². The maximum atomic E-state index is 11.5. The lowest BCUT2D eigenvalue weighted by atomic mass is 9.95. The molecule has 0 unspecified atom stereocenters.